The first-order chi connectivity index (χ1) is 11.8. The minimum absolute atomic E-state index is 0.0673. The molecule has 0 saturated carbocycles. The fraction of sp³-hybridized carbons (Fsp3) is 0.409. The molecule has 3 nitrogen and oxygen atoms in total. The predicted molar refractivity (Wildman–Crippen MR) is 105 cm³/mol. The summed E-state index contributed by atoms with van der Waals surface area (Å²) >= 11 is 0. The Morgan fingerprint density at radius 2 is 1.56 bits per heavy atom. The van der Waals surface area contributed by atoms with E-state index in [1.165, 1.54) is 21.6 Å². The van der Waals surface area contributed by atoms with Crippen LogP contribution in [0.25, 0.3) is 0 Å². The van der Waals surface area contributed by atoms with E-state index in [4.69, 9.17) is 0 Å². The lowest BCUT2D eigenvalue weighted by molar-refractivity contribution is -0.907. The summed E-state index contributed by atoms with van der Waals surface area (Å²) < 4.78 is 0. The molecule has 2 atom stereocenters. The molecule has 3 heteroatoms. The topological polar surface area (TPSA) is 33.5 Å². The molecule has 2 aromatic carbocycles. The van der Waals surface area contributed by atoms with Crippen molar-refractivity contribution < 1.29 is 9.69 Å². The quantitative estimate of drug-likeness (QED) is 0.832. The van der Waals surface area contributed by atoms with Gasteiger partial charge in [-0.15, -0.1) is 0 Å². The van der Waals surface area contributed by atoms with Crippen LogP contribution < -0.4 is 10.2 Å². The summed E-state index contributed by atoms with van der Waals surface area (Å²) in [6.45, 7) is 11.2. The highest BCUT2D eigenvalue weighted by Crippen LogP contribution is 2.21. The number of hydrogen-bond donors (Lipinski definition) is 2. The Morgan fingerprint density at radius 3 is 2.08 bits per heavy atom. The zero-order valence-electron chi connectivity index (χ0n) is 16.4. The standard InChI is InChI=1S/C22H30N2O/c1-7-19-8-10-20(11-9-19)14-24(6)18(5)22(25)23-21-16(3)12-15(2)13-17(21)4/h8-13,18H,7,14H2,1-6H3,(H,23,25)/p+1/t18-/m0/s1. The van der Waals surface area contributed by atoms with Crippen molar-refractivity contribution in [1.29, 1.82) is 0 Å². The highest BCUT2D eigenvalue weighted by Gasteiger charge is 2.23. The molecule has 0 aliphatic rings. The average molecular weight is 340 g/mol. The van der Waals surface area contributed by atoms with Crippen LogP contribution in [0.5, 0.6) is 0 Å². The molecule has 0 bridgehead atoms. The van der Waals surface area contributed by atoms with Crippen molar-refractivity contribution in [3.8, 4) is 0 Å². The molecule has 134 valence electrons. The second-order valence-corrected chi connectivity index (χ2v) is 7.18. The molecule has 2 N–H and O–H groups in total. The molecule has 0 spiro atoms. The van der Waals surface area contributed by atoms with E-state index in [0.717, 1.165) is 29.8 Å². The Kier molecular flexibility index (Phi) is 6.38. The van der Waals surface area contributed by atoms with E-state index < -0.39 is 0 Å². The van der Waals surface area contributed by atoms with E-state index in [1.807, 2.05) is 20.8 Å². The molecule has 1 unspecified atom stereocenters. The lowest BCUT2D eigenvalue weighted by atomic mass is 10.0. The van der Waals surface area contributed by atoms with E-state index >= 15 is 0 Å². The summed E-state index contributed by atoms with van der Waals surface area (Å²) in [6, 6.07) is 12.8. The van der Waals surface area contributed by atoms with Crippen LogP contribution >= 0.6 is 0 Å². The van der Waals surface area contributed by atoms with Gasteiger partial charge in [0.1, 0.15) is 6.54 Å². The van der Waals surface area contributed by atoms with Crippen LogP contribution in [0.4, 0.5) is 5.69 Å². The third kappa shape index (κ3) is 4.93. The fourth-order valence-electron chi connectivity index (χ4n) is 3.20. The first-order valence-electron chi connectivity index (χ1n) is 9.10. The number of carbonyl (C=O) groups excluding carboxylic acids is 1. The summed E-state index contributed by atoms with van der Waals surface area (Å²) in [5.41, 5.74) is 7.01. The van der Waals surface area contributed by atoms with Gasteiger partial charge in [0.2, 0.25) is 0 Å². The normalized spacial score (nSPS) is 13.4. The summed E-state index contributed by atoms with van der Waals surface area (Å²) in [5.74, 6) is 0.0673. The van der Waals surface area contributed by atoms with Crippen LogP contribution in [0.1, 0.15) is 41.7 Å². The second-order valence-electron chi connectivity index (χ2n) is 7.18. The number of hydrogen-bond acceptors (Lipinski definition) is 1. The van der Waals surface area contributed by atoms with Crippen molar-refractivity contribution in [1.82, 2.24) is 0 Å². The van der Waals surface area contributed by atoms with Crippen molar-refractivity contribution in [3.63, 3.8) is 0 Å². The van der Waals surface area contributed by atoms with Gasteiger partial charge >= 0.3 is 0 Å². The molecule has 25 heavy (non-hydrogen) atoms. The van der Waals surface area contributed by atoms with E-state index in [-0.39, 0.29) is 11.9 Å². The number of quaternary nitrogens is 1. The number of carbonyl (C=O) groups is 1. The van der Waals surface area contributed by atoms with Gasteiger partial charge in [-0.1, -0.05) is 48.9 Å². The number of likely N-dealkylation sites (N-methyl/N-ethyl adjacent to an activating group) is 1. The van der Waals surface area contributed by atoms with E-state index in [2.05, 4.69) is 62.6 Å². The lowest BCUT2D eigenvalue weighted by Crippen LogP contribution is -3.12. The minimum atomic E-state index is -0.119. The van der Waals surface area contributed by atoms with E-state index in [0.29, 0.717) is 0 Å². The highest BCUT2D eigenvalue weighted by molar-refractivity contribution is 5.95. The monoisotopic (exact) mass is 339 g/mol. The van der Waals surface area contributed by atoms with Gasteiger partial charge < -0.3 is 10.2 Å². The van der Waals surface area contributed by atoms with Gasteiger partial charge in [0, 0.05) is 11.3 Å². The van der Waals surface area contributed by atoms with Gasteiger partial charge in [-0.3, -0.25) is 4.79 Å². The predicted octanol–water partition coefficient (Wildman–Crippen LogP) is 3.22. The molecule has 0 radical (unpaired) electrons. The molecule has 0 aromatic heterocycles. The minimum Gasteiger partial charge on any atom is -0.324 e. The van der Waals surface area contributed by atoms with Crippen LogP contribution in [0.15, 0.2) is 36.4 Å². The smallest absolute Gasteiger partial charge is 0.282 e. The van der Waals surface area contributed by atoms with Crippen LogP contribution in [0.3, 0.4) is 0 Å². The van der Waals surface area contributed by atoms with Crippen LogP contribution in [0, 0.1) is 20.8 Å². The number of rotatable bonds is 6. The molecule has 0 aliphatic heterocycles. The Labute approximate surface area is 152 Å². The SMILES string of the molecule is CCc1ccc(C[NH+](C)[C@@H](C)C(=O)Nc2c(C)cc(C)cc2C)cc1. The molecular formula is C22H31N2O+. The second kappa shape index (κ2) is 8.30. The van der Waals surface area contributed by atoms with Crippen molar-refractivity contribution in [2.24, 2.45) is 0 Å². The average Bonchev–Trinajstić information content (AvgIpc) is 2.57. The summed E-state index contributed by atoms with van der Waals surface area (Å²) in [5, 5.41) is 3.13. The lowest BCUT2D eigenvalue weighted by Gasteiger charge is -2.22. The maximum atomic E-state index is 12.7. The fourth-order valence-corrected chi connectivity index (χ4v) is 3.20. The highest BCUT2D eigenvalue weighted by atomic mass is 16.2. The number of amides is 1. The van der Waals surface area contributed by atoms with Gasteiger partial charge in [0.05, 0.1) is 7.05 Å². The summed E-state index contributed by atoms with van der Waals surface area (Å²) in [7, 11) is 2.08. The van der Waals surface area contributed by atoms with Gasteiger partial charge in [-0.25, -0.2) is 0 Å². The number of anilines is 1. The number of nitrogens with one attached hydrogen (secondary N) is 2. The molecule has 2 aromatic rings. The first kappa shape index (κ1) is 19.2. The first-order valence-corrected chi connectivity index (χ1v) is 9.10. The molecule has 0 fully saturated rings. The summed E-state index contributed by atoms with van der Waals surface area (Å²) in [6.07, 6.45) is 1.05. The number of aryl methyl sites for hydroxylation is 4. The van der Waals surface area contributed by atoms with Crippen molar-refractivity contribution in [2.45, 2.75) is 53.6 Å². The molecule has 0 aliphatic carbocycles. The van der Waals surface area contributed by atoms with E-state index in [9.17, 15) is 4.79 Å². The van der Waals surface area contributed by atoms with Crippen molar-refractivity contribution in [3.05, 3.63) is 64.2 Å². The van der Waals surface area contributed by atoms with Crippen LogP contribution in [-0.2, 0) is 17.8 Å². The maximum absolute atomic E-state index is 12.7. The Hall–Kier alpha value is -2.13. The molecule has 2 rings (SSSR count). The molecule has 0 saturated heterocycles. The molecular weight excluding hydrogens is 308 g/mol. The van der Waals surface area contributed by atoms with Gasteiger partial charge in [0.15, 0.2) is 6.04 Å². The van der Waals surface area contributed by atoms with E-state index in [1.54, 1.807) is 0 Å². The third-order valence-electron chi connectivity index (χ3n) is 4.97. The van der Waals surface area contributed by atoms with Crippen LogP contribution in [0.2, 0.25) is 0 Å². The molecule has 1 amide bonds. The van der Waals surface area contributed by atoms with Gasteiger partial charge in [0.25, 0.3) is 5.91 Å². The van der Waals surface area contributed by atoms with Gasteiger partial charge in [-0.2, -0.15) is 0 Å². The van der Waals surface area contributed by atoms with Gasteiger partial charge in [-0.05, 0) is 50.8 Å². The zero-order valence-corrected chi connectivity index (χ0v) is 16.4. The largest absolute Gasteiger partial charge is 0.324 e. The van der Waals surface area contributed by atoms with Crippen molar-refractivity contribution in [2.75, 3.05) is 12.4 Å². The number of benzene rings is 2. The zero-order chi connectivity index (χ0) is 18.6. The maximum Gasteiger partial charge on any atom is 0.282 e. The summed E-state index contributed by atoms with van der Waals surface area (Å²) in [4.78, 5) is 13.9. The Morgan fingerprint density at radius 1 is 1.04 bits per heavy atom. The van der Waals surface area contributed by atoms with Crippen LogP contribution in [-0.4, -0.2) is 19.0 Å². The third-order valence-corrected chi connectivity index (χ3v) is 4.97. The Balaban J connectivity index is 2.03. The Bertz CT molecular complexity index is 711. The molecule has 0 heterocycles. The van der Waals surface area contributed by atoms with Crippen molar-refractivity contribution >= 4 is 11.6 Å².